The molecule has 1 heterocycles. The summed E-state index contributed by atoms with van der Waals surface area (Å²) in [5.41, 5.74) is 0. The summed E-state index contributed by atoms with van der Waals surface area (Å²) in [5.74, 6) is -0.269. The van der Waals surface area contributed by atoms with Crippen LogP contribution in [-0.2, 0) is 28.9 Å². The summed E-state index contributed by atoms with van der Waals surface area (Å²) in [4.78, 5) is 13.1. The zero-order valence-corrected chi connectivity index (χ0v) is 40.0. The normalized spacial score (nSPS) is 20.7. The van der Waals surface area contributed by atoms with Gasteiger partial charge in [0.15, 0.2) is 6.29 Å². The summed E-state index contributed by atoms with van der Waals surface area (Å²) in [6.07, 6.45) is 37.8. The minimum Gasteiger partial charge on any atom is -0.394 e. The number of aliphatic hydroxyl groups excluding tert-OH is 4. The van der Waals surface area contributed by atoms with Gasteiger partial charge < -0.3 is 35.2 Å². The lowest BCUT2D eigenvalue weighted by molar-refractivity contribution is -0.298. The van der Waals surface area contributed by atoms with E-state index in [2.05, 4.69) is 35.5 Å². The molecule has 12 nitrogen and oxygen atoms in total. The van der Waals surface area contributed by atoms with Gasteiger partial charge in [-0.1, -0.05) is 199 Å². The standard InChI is InChI=1S/C49H93NO11S/c1-3-5-7-9-11-13-15-17-19-21-23-25-27-29-31-33-35-37-39-45(53)50-42(41-59-49-47(55)48(61-62(56,57)58)46(54)44(40-51)60-49)43(52)38-36-34-32-30-28-26-24-22-20-18-16-14-12-10-8-6-4-2/h23,25,36,38,42-44,46-49,51-52,54-55H,3-22,24,26-35,37,39-41H2,1-2H3,(H,50,53)(H,56,57,58)/b25-23-,38-36+. The maximum atomic E-state index is 13.1. The Labute approximate surface area is 378 Å². The highest BCUT2D eigenvalue weighted by atomic mass is 32.3. The number of allylic oxidation sites excluding steroid dienone is 3. The van der Waals surface area contributed by atoms with Gasteiger partial charge in [0, 0.05) is 6.42 Å². The molecule has 1 amide bonds. The minimum absolute atomic E-state index is 0.260. The highest BCUT2D eigenvalue weighted by Gasteiger charge is 2.48. The smallest absolute Gasteiger partial charge is 0.394 e. The predicted molar refractivity (Wildman–Crippen MR) is 250 cm³/mol. The van der Waals surface area contributed by atoms with Gasteiger partial charge in [0.1, 0.15) is 24.4 Å². The van der Waals surface area contributed by atoms with Crippen LogP contribution in [0.4, 0.5) is 0 Å². The van der Waals surface area contributed by atoms with E-state index in [0.717, 1.165) is 57.8 Å². The lowest BCUT2D eigenvalue weighted by Gasteiger charge is -2.41. The molecule has 7 unspecified atom stereocenters. The van der Waals surface area contributed by atoms with Crippen molar-refractivity contribution in [3.63, 3.8) is 0 Å². The van der Waals surface area contributed by atoms with Gasteiger partial charge in [0.05, 0.1) is 25.4 Å². The van der Waals surface area contributed by atoms with E-state index >= 15 is 0 Å². The molecule has 0 saturated carbocycles. The van der Waals surface area contributed by atoms with Crippen molar-refractivity contribution in [1.82, 2.24) is 5.32 Å². The van der Waals surface area contributed by atoms with Crippen LogP contribution in [0.15, 0.2) is 24.3 Å². The van der Waals surface area contributed by atoms with Gasteiger partial charge in [0.25, 0.3) is 0 Å². The van der Waals surface area contributed by atoms with Crippen LogP contribution in [0.5, 0.6) is 0 Å². The second-order valence-electron chi connectivity index (χ2n) is 17.8. The fourth-order valence-electron chi connectivity index (χ4n) is 8.04. The van der Waals surface area contributed by atoms with Gasteiger partial charge in [0.2, 0.25) is 5.91 Å². The number of nitrogens with one attached hydrogen (secondary N) is 1. The van der Waals surface area contributed by atoms with E-state index in [1.807, 2.05) is 6.08 Å². The lowest BCUT2D eigenvalue weighted by atomic mass is 9.99. The molecule has 62 heavy (non-hydrogen) atoms. The molecule has 0 aliphatic carbocycles. The van der Waals surface area contributed by atoms with Crippen LogP contribution in [0.25, 0.3) is 0 Å². The number of amides is 1. The molecule has 7 atom stereocenters. The Morgan fingerprint density at radius 2 is 1.03 bits per heavy atom. The number of unbranched alkanes of at least 4 members (excludes halogenated alkanes) is 29. The third kappa shape index (κ3) is 32.3. The molecule has 1 rings (SSSR count). The number of hydrogen-bond donors (Lipinski definition) is 6. The van der Waals surface area contributed by atoms with Gasteiger partial charge in [-0.05, 0) is 44.9 Å². The van der Waals surface area contributed by atoms with Crippen LogP contribution in [0.2, 0.25) is 0 Å². The van der Waals surface area contributed by atoms with Crippen LogP contribution in [0.3, 0.4) is 0 Å². The van der Waals surface area contributed by atoms with Gasteiger partial charge in [-0.2, -0.15) is 8.42 Å². The SMILES string of the molecule is CCCCCCCCCCC/C=C\CCCCCCCC(=O)NC(COC1OC(CO)C(O)C(OS(=O)(=O)O)C1O)C(O)/C=C/CCCCCCCCCCCCCCCCC. The summed E-state index contributed by atoms with van der Waals surface area (Å²) in [6.45, 7) is 3.40. The molecule has 1 aliphatic rings. The van der Waals surface area contributed by atoms with Gasteiger partial charge >= 0.3 is 10.4 Å². The first kappa shape index (κ1) is 58.6. The Balaban J connectivity index is 2.48. The molecule has 1 fully saturated rings. The van der Waals surface area contributed by atoms with Gasteiger partial charge in [-0.25, -0.2) is 4.18 Å². The van der Waals surface area contributed by atoms with E-state index in [1.54, 1.807) is 6.08 Å². The summed E-state index contributed by atoms with van der Waals surface area (Å²) in [5, 5.41) is 44.8. The Bertz CT molecular complexity index is 1200. The summed E-state index contributed by atoms with van der Waals surface area (Å²) < 4.78 is 47.7. The van der Waals surface area contributed by atoms with Crippen molar-refractivity contribution >= 4 is 16.3 Å². The number of hydrogen-bond acceptors (Lipinski definition) is 10. The molecule has 0 spiro atoms. The van der Waals surface area contributed by atoms with Crippen molar-refractivity contribution in [3.05, 3.63) is 24.3 Å². The van der Waals surface area contributed by atoms with E-state index in [0.29, 0.717) is 6.42 Å². The molecule has 1 aliphatic heterocycles. The number of carbonyl (C=O) groups excluding carboxylic acids is 1. The van der Waals surface area contributed by atoms with Crippen molar-refractivity contribution in [2.45, 2.75) is 269 Å². The zero-order valence-electron chi connectivity index (χ0n) is 39.2. The fraction of sp³-hybridized carbons (Fsp3) is 0.898. The monoisotopic (exact) mass is 904 g/mol. The largest absolute Gasteiger partial charge is 0.397 e. The zero-order chi connectivity index (χ0) is 45.5. The third-order valence-electron chi connectivity index (χ3n) is 12.0. The van der Waals surface area contributed by atoms with E-state index in [1.165, 1.54) is 141 Å². The highest BCUT2D eigenvalue weighted by molar-refractivity contribution is 7.80. The molecule has 0 aromatic rings. The summed E-state index contributed by atoms with van der Waals surface area (Å²) in [7, 11) is -5.09. The molecular weight excluding hydrogens is 811 g/mol. The van der Waals surface area contributed by atoms with Crippen molar-refractivity contribution in [3.8, 4) is 0 Å². The summed E-state index contributed by atoms with van der Waals surface area (Å²) in [6, 6.07) is -0.946. The van der Waals surface area contributed by atoms with Crippen LogP contribution in [0.1, 0.15) is 226 Å². The topological polar surface area (TPSA) is 192 Å². The average molecular weight is 904 g/mol. The summed E-state index contributed by atoms with van der Waals surface area (Å²) >= 11 is 0. The lowest BCUT2D eigenvalue weighted by Crippen LogP contribution is -2.61. The molecule has 13 heteroatoms. The Morgan fingerprint density at radius 3 is 1.45 bits per heavy atom. The van der Waals surface area contributed by atoms with E-state index in [4.69, 9.17) is 9.47 Å². The van der Waals surface area contributed by atoms with Crippen molar-refractivity contribution in [2.24, 2.45) is 0 Å². The Hall–Kier alpha value is -1.42. The van der Waals surface area contributed by atoms with Crippen molar-refractivity contribution in [2.75, 3.05) is 13.2 Å². The quantitative estimate of drug-likeness (QED) is 0.0194. The fourth-order valence-corrected chi connectivity index (χ4v) is 8.55. The molecule has 366 valence electrons. The molecule has 0 aromatic carbocycles. The number of rotatable bonds is 43. The van der Waals surface area contributed by atoms with E-state index in [-0.39, 0.29) is 18.9 Å². The van der Waals surface area contributed by atoms with Crippen LogP contribution < -0.4 is 5.32 Å². The first-order valence-corrected chi connectivity index (χ1v) is 26.6. The first-order valence-electron chi connectivity index (χ1n) is 25.2. The molecule has 0 radical (unpaired) electrons. The predicted octanol–water partition coefficient (Wildman–Crippen LogP) is 10.5. The Morgan fingerprint density at radius 1 is 0.629 bits per heavy atom. The number of ether oxygens (including phenoxy) is 2. The molecule has 0 aromatic heterocycles. The maximum absolute atomic E-state index is 13.1. The maximum Gasteiger partial charge on any atom is 0.397 e. The number of aliphatic hydroxyl groups is 4. The third-order valence-corrected chi connectivity index (χ3v) is 12.4. The molecular formula is C49H93NO11S. The van der Waals surface area contributed by atoms with Gasteiger partial charge in [-0.3, -0.25) is 9.35 Å². The minimum atomic E-state index is -5.09. The van der Waals surface area contributed by atoms with Crippen LogP contribution >= 0.6 is 0 Å². The highest BCUT2D eigenvalue weighted by Crippen LogP contribution is 2.26. The number of carbonyl (C=O) groups is 1. The first-order chi connectivity index (χ1) is 30.0. The molecule has 6 N–H and O–H groups in total. The second kappa shape index (κ2) is 39.9. The molecule has 0 bridgehead atoms. The van der Waals surface area contributed by atoms with Crippen molar-refractivity contribution < 1.29 is 51.8 Å². The van der Waals surface area contributed by atoms with Crippen LogP contribution in [-0.4, -0.2) is 95.4 Å². The van der Waals surface area contributed by atoms with Crippen LogP contribution in [0, 0.1) is 0 Å². The van der Waals surface area contributed by atoms with E-state index < -0.39 is 59.9 Å². The van der Waals surface area contributed by atoms with E-state index in [9.17, 15) is 38.2 Å². The average Bonchev–Trinajstić information content (AvgIpc) is 3.24. The second-order valence-corrected chi connectivity index (χ2v) is 18.8. The Kier molecular flexibility index (Phi) is 37.7. The van der Waals surface area contributed by atoms with Gasteiger partial charge in [-0.15, -0.1) is 0 Å². The van der Waals surface area contributed by atoms with Crippen molar-refractivity contribution in [1.29, 1.82) is 0 Å². The molecule has 1 saturated heterocycles.